The van der Waals surface area contributed by atoms with E-state index in [0.717, 1.165) is 12.8 Å². The fourth-order valence-electron chi connectivity index (χ4n) is 3.57. The number of carbonyl (C=O) groups excluding carboxylic acids is 1. The first-order valence-electron chi connectivity index (χ1n) is 7.82. The van der Waals surface area contributed by atoms with Gasteiger partial charge in [0, 0.05) is 21.6 Å². The van der Waals surface area contributed by atoms with Crippen LogP contribution in [-0.2, 0) is 0 Å². The van der Waals surface area contributed by atoms with E-state index in [4.69, 9.17) is 0 Å². The number of ether oxygens (including phenoxy) is 1. The van der Waals surface area contributed by atoms with E-state index in [-0.39, 0.29) is 28.4 Å². The standard InChI is InChI=1S/C17H23BrF2N2O2/c1-16(2)8-11(9-17(3,4)22-16)21-14(23)12-7-10(18)5-6-13(12)24-15(19)20/h5-7,11,15,22H,8-9H2,1-4H3,(H,21,23). The molecule has 24 heavy (non-hydrogen) atoms. The molecule has 0 radical (unpaired) electrons. The first-order chi connectivity index (χ1) is 11.0. The second kappa shape index (κ2) is 6.96. The van der Waals surface area contributed by atoms with Gasteiger partial charge in [-0.15, -0.1) is 0 Å². The summed E-state index contributed by atoms with van der Waals surface area (Å²) in [4.78, 5) is 12.6. The highest BCUT2D eigenvalue weighted by atomic mass is 79.9. The molecule has 0 unspecified atom stereocenters. The Labute approximate surface area is 149 Å². The molecule has 134 valence electrons. The number of halogens is 3. The van der Waals surface area contributed by atoms with Gasteiger partial charge in [-0.2, -0.15) is 8.78 Å². The van der Waals surface area contributed by atoms with Gasteiger partial charge in [0.25, 0.3) is 5.91 Å². The van der Waals surface area contributed by atoms with Gasteiger partial charge in [0.2, 0.25) is 0 Å². The average molecular weight is 405 g/mol. The second-order valence-electron chi connectivity index (χ2n) is 7.49. The molecule has 1 aromatic rings. The topological polar surface area (TPSA) is 50.4 Å². The van der Waals surface area contributed by atoms with Gasteiger partial charge in [-0.05, 0) is 58.7 Å². The van der Waals surface area contributed by atoms with Crippen LogP contribution in [0.2, 0.25) is 0 Å². The van der Waals surface area contributed by atoms with Crippen molar-refractivity contribution in [3.63, 3.8) is 0 Å². The molecule has 7 heteroatoms. The summed E-state index contributed by atoms with van der Waals surface area (Å²) in [6.07, 6.45) is 1.50. The Kier molecular flexibility index (Phi) is 5.54. The van der Waals surface area contributed by atoms with Crippen molar-refractivity contribution in [2.45, 2.75) is 64.3 Å². The fourth-order valence-corrected chi connectivity index (χ4v) is 3.93. The van der Waals surface area contributed by atoms with Gasteiger partial charge in [0.15, 0.2) is 0 Å². The van der Waals surface area contributed by atoms with E-state index in [1.807, 2.05) is 0 Å². The zero-order valence-electron chi connectivity index (χ0n) is 14.3. The van der Waals surface area contributed by atoms with Crippen molar-refractivity contribution in [3.8, 4) is 5.75 Å². The number of piperidine rings is 1. The van der Waals surface area contributed by atoms with E-state index in [2.05, 4.69) is 59.0 Å². The number of alkyl halides is 2. The molecule has 0 bridgehead atoms. The Morgan fingerprint density at radius 3 is 2.42 bits per heavy atom. The predicted molar refractivity (Wildman–Crippen MR) is 92.6 cm³/mol. The third-order valence-electron chi connectivity index (χ3n) is 3.93. The number of rotatable bonds is 4. The molecule has 0 aromatic heterocycles. The molecule has 0 spiro atoms. The van der Waals surface area contributed by atoms with Gasteiger partial charge in [0.05, 0.1) is 5.56 Å². The summed E-state index contributed by atoms with van der Waals surface area (Å²) in [5, 5.41) is 6.50. The molecule has 1 aromatic carbocycles. The number of benzene rings is 1. The van der Waals surface area contributed by atoms with E-state index in [1.54, 1.807) is 6.07 Å². The summed E-state index contributed by atoms with van der Waals surface area (Å²) >= 11 is 3.26. The molecule has 1 heterocycles. The zero-order chi connectivity index (χ0) is 18.1. The largest absolute Gasteiger partial charge is 0.434 e. The monoisotopic (exact) mass is 404 g/mol. The maximum atomic E-state index is 12.6. The van der Waals surface area contributed by atoms with Crippen LogP contribution in [0.1, 0.15) is 50.9 Å². The molecule has 1 saturated heterocycles. The van der Waals surface area contributed by atoms with Crippen molar-refractivity contribution in [1.29, 1.82) is 0 Å². The number of hydrogen-bond acceptors (Lipinski definition) is 3. The summed E-state index contributed by atoms with van der Waals surface area (Å²) in [7, 11) is 0. The second-order valence-corrected chi connectivity index (χ2v) is 8.41. The van der Waals surface area contributed by atoms with Crippen LogP contribution in [-0.4, -0.2) is 29.6 Å². The summed E-state index contributed by atoms with van der Waals surface area (Å²) in [5.41, 5.74) is -0.155. The van der Waals surface area contributed by atoms with E-state index in [1.165, 1.54) is 12.1 Å². The first kappa shape index (κ1) is 19.1. The molecule has 2 N–H and O–H groups in total. The summed E-state index contributed by atoms with van der Waals surface area (Å²) in [6, 6.07) is 4.36. The van der Waals surface area contributed by atoms with Crippen molar-refractivity contribution >= 4 is 21.8 Å². The summed E-state index contributed by atoms with van der Waals surface area (Å²) in [5.74, 6) is -0.538. The molecule has 0 atom stereocenters. The van der Waals surface area contributed by atoms with Crippen LogP contribution in [0.15, 0.2) is 22.7 Å². The molecule has 0 saturated carbocycles. The van der Waals surface area contributed by atoms with Gasteiger partial charge < -0.3 is 15.4 Å². The smallest absolute Gasteiger partial charge is 0.387 e. The lowest BCUT2D eigenvalue weighted by molar-refractivity contribution is -0.0501. The number of hydrogen-bond donors (Lipinski definition) is 2. The minimum atomic E-state index is -2.98. The van der Waals surface area contributed by atoms with Gasteiger partial charge in [-0.1, -0.05) is 15.9 Å². The molecular formula is C17H23BrF2N2O2. The van der Waals surface area contributed by atoms with E-state index in [9.17, 15) is 13.6 Å². The third-order valence-corrected chi connectivity index (χ3v) is 4.42. The number of carbonyl (C=O) groups is 1. The van der Waals surface area contributed by atoms with Crippen LogP contribution in [0.25, 0.3) is 0 Å². The summed E-state index contributed by atoms with van der Waals surface area (Å²) < 4.78 is 30.2. The minimum Gasteiger partial charge on any atom is -0.434 e. The van der Waals surface area contributed by atoms with Gasteiger partial charge in [-0.3, -0.25) is 4.79 Å². The maximum absolute atomic E-state index is 12.6. The third kappa shape index (κ3) is 5.14. The lowest BCUT2D eigenvalue weighted by Gasteiger charge is -2.46. The molecular weight excluding hydrogens is 382 g/mol. The predicted octanol–water partition coefficient (Wildman–Crippen LogP) is 4.09. The zero-order valence-corrected chi connectivity index (χ0v) is 15.8. The fraction of sp³-hybridized carbons (Fsp3) is 0.588. The lowest BCUT2D eigenvalue weighted by atomic mass is 9.79. The van der Waals surface area contributed by atoms with E-state index in [0.29, 0.717) is 4.47 Å². The number of amides is 1. The Morgan fingerprint density at radius 2 is 1.88 bits per heavy atom. The van der Waals surface area contributed by atoms with E-state index < -0.39 is 12.5 Å². The van der Waals surface area contributed by atoms with Crippen molar-refractivity contribution in [2.24, 2.45) is 0 Å². The number of nitrogens with one attached hydrogen (secondary N) is 2. The average Bonchev–Trinajstić information content (AvgIpc) is 2.36. The minimum absolute atomic E-state index is 0.0536. The van der Waals surface area contributed by atoms with Crippen molar-refractivity contribution in [2.75, 3.05) is 0 Å². The van der Waals surface area contributed by atoms with Crippen LogP contribution in [0.5, 0.6) is 5.75 Å². The molecule has 1 amide bonds. The highest BCUT2D eigenvalue weighted by Crippen LogP contribution is 2.30. The lowest BCUT2D eigenvalue weighted by Crippen LogP contribution is -2.62. The highest BCUT2D eigenvalue weighted by molar-refractivity contribution is 9.10. The van der Waals surface area contributed by atoms with Crippen molar-refractivity contribution in [1.82, 2.24) is 10.6 Å². The van der Waals surface area contributed by atoms with Crippen LogP contribution < -0.4 is 15.4 Å². The van der Waals surface area contributed by atoms with Crippen LogP contribution in [0.3, 0.4) is 0 Å². The molecule has 1 aliphatic rings. The quantitative estimate of drug-likeness (QED) is 0.794. The maximum Gasteiger partial charge on any atom is 0.387 e. The van der Waals surface area contributed by atoms with Crippen LogP contribution in [0.4, 0.5) is 8.78 Å². The molecule has 4 nitrogen and oxygen atoms in total. The normalized spacial score (nSPS) is 20.0. The van der Waals surface area contributed by atoms with Crippen LogP contribution >= 0.6 is 15.9 Å². The summed E-state index contributed by atoms with van der Waals surface area (Å²) in [6.45, 7) is 5.35. The molecule has 0 aliphatic carbocycles. The Balaban J connectivity index is 2.19. The Hall–Kier alpha value is -1.21. The molecule has 1 fully saturated rings. The molecule has 2 rings (SSSR count). The van der Waals surface area contributed by atoms with Crippen LogP contribution in [0, 0.1) is 0 Å². The highest BCUT2D eigenvalue weighted by Gasteiger charge is 2.38. The first-order valence-corrected chi connectivity index (χ1v) is 8.61. The van der Waals surface area contributed by atoms with E-state index >= 15 is 0 Å². The molecule has 1 aliphatic heterocycles. The van der Waals surface area contributed by atoms with Gasteiger partial charge in [0.1, 0.15) is 5.75 Å². The Bertz CT molecular complexity index is 605. The van der Waals surface area contributed by atoms with Crippen molar-refractivity contribution < 1.29 is 18.3 Å². The Morgan fingerprint density at radius 1 is 1.29 bits per heavy atom. The van der Waals surface area contributed by atoms with Gasteiger partial charge in [-0.25, -0.2) is 0 Å². The SMILES string of the molecule is CC1(C)CC(NC(=O)c2cc(Br)ccc2OC(F)F)CC(C)(C)N1. The van der Waals surface area contributed by atoms with Gasteiger partial charge >= 0.3 is 6.61 Å². The van der Waals surface area contributed by atoms with Crippen molar-refractivity contribution in [3.05, 3.63) is 28.2 Å².